The van der Waals surface area contributed by atoms with Crippen molar-refractivity contribution in [2.45, 2.75) is 58.1 Å². The topological polar surface area (TPSA) is 136 Å². The van der Waals surface area contributed by atoms with E-state index in [1.54, 1.807) is 27.7 Å². The van der Waals surface area contributed by atoms with Crippen molar-refractivity contribution in [3.63, 3.8) is 0 Å². The smallest absolute Gasteiger partial charge is 0.410 e. The molecule has 45 heavy (non-hydrogen) atoms. The van der Waals surface area contributed by atoms with E-state index in [0.29, 0.717) is 11.1 Å². The van der Waals surface area contributed by atoms with Crippen molar-refractivity contribution in [2.24, 2.45) is 0 Å². The van der Waals surface area contributed by atoms with Crippen LogP contribution < -0.4 is 14.8 Å². The Kier molecular flexibility index (Phi) is 9.72. The Labute approximate surface area is 258 Å². The maximum absolute atomic E-state index is 14.9. The summed E-state index contributed by atoms with van der Waals surface area (Å²) in [6, 6.07) is 2.43. The summed E-state index contributed by atoms with van der Waals surface area (Å²) >= 11 is 1.08. The van der Waals surface area contributed by atoms with Crippen LogP contribution in [0, 0.1) is 18.6 Å². The molecular weight excluding hydrogens is 654 g/mol. The molecule has 0 aliphatic carbocycles. The second-order valence-corrected chi connectivity index (χ2v) is 13.9. The number of rotatable bonds is 8. The van der Waals surface area contributed by atoms with Gasteiger partial charge < -0.3 is 19.7 Å². The highest BCUT2D eigenvalue weighted by Crippen LogP contribution is 2.39. The van der Waals surface area contributed by atoms with Crippen molar-refractivity contribution in [1.82, 2.24) is 19.9 Å². The molecule has 2 N–H and O–H groups in total. The number of carbonyl (C=O) groups excluding carboxylic acids is 1. The van der Waals surface area contributed by atoms with Crippen LogP contribution in [0.4, 0.5) is 42.8 Å². The van der Waals surface area contributed by atoms with E-state index in [4.69, 9.17) is 9.47 Å². The fourth-order valence-electron chi connectivity index (χ4n) is 4.21. The third kappa shape index (κ3) is 9.32. The second kappa shape index (κ2) is 12.9. The first-order valence-electron chi connectivity index (χ1n) is 13.2. The van der Waals surface area contributed by atoms with Crippen molar-refractivity contribution in [2.75, 3.05) is 28.9 Å². The molecule has 19 heteroatoms. The van der Waals surface area contributed by atoms with Gasteiger partial charge in [-0.1, -0.05) is 0 Å². The average Bonchev–Trinajstić information content (AvgIpc) is 3.25. The van der Waals surface area contributed by atoms with E-state index < -0.39 is 68.9 Å². The summed E-state index contributed by atoms with van der Waals surface area (Å²) in [4.78, 5) is 26.7. The number of hydrogen-bond acceptors (Lipinski definition) is 10. The van der Waals surface area contributed by atoms with Crippen molar-refractivity contribution in [3.8, 4) is 22.2 Å². The second-order valence-electron chi connectivity index (χ2n) is 11.0. The van der Waals surface area contributed by atoms with E-state index in [9.17, 15) is 39.6 Å². The maximum Gasteiger partial charge on any atom is 0.410 e. The molecule has 1 fully saturated rings. The summed E-state index contributed by atoms with van der Waals surface area (Å²) in [5.74, 6) is -6.64. The number of piperidine rings is 1. The van der Waals surface area contributed by atoms with Crippen LogP contribution in [0.15, 0.2) is 24.4 Å². The Hall–Kier alpha value is -3.87. The van der Waals surface area contributed by atoms with Gasteiger partial charge in [0.1, 0.15) is 16.6 Å². The van der Waals surface area contributed by atoms with E-state index in [0.717, 1.165) is 17.4 Å². The van der Waals surface area contributed by atoms with Gasteiger partial charge in [-0.3, -0.25) is 4.72 Å². The first kappa shape index (κ1) is 34.0. The van der Waals surface area contributed by atoms with Gasteiger partial charge >= 0.3 is 12.3 Å². The summed E-state index contributed by atoms with van der Waals surface area (Å²) < 4.78 is 117. The third-order valence-corrected chi connectivity index (χ3v) is 8.06. The van der Waals surface area contributed by atoms with Crippen LogP contribution in [0.2, 0.25) is 0 Å². The molecule has 0 radical (unpaired) electrons. The van der Waals surface area contributed by atoms with Crippen molar-refractivity contribution >= 4 is 39.1 Å². The van der Waals surface area contributed by atoms with Gasteiger partial charge in [-0.05, 0) is 45.9 Å². The molecule has 0 bridgehead atoms. The number of halogens is 6. The molecule has 2 atom stereocenters. The van der Waals surface area contributed by atoms with E-state index in [1.807, 2.05) is 0 Å². The molecule has 0 saturated carbocycles. The Morgan fingerprint density at radius 2 is 1.82 bits per heavy atom. The number of alkyl halides is 4. The van der Waals surface area contributed by atoms with Gasteiger partial charge in [0.15, 0.2) is 17.3 Å². The van der Waals surface area contributed by atoms with Gasteiger partial charge in [-0.25, -0.2) is 36.9 Å². The number of anilines is 2. The number of ether oxygens (including phenoxy) is 2. The van der Waals surface area contributed by atoms with Crippen molar-refractivity contribution in [3.05, 3.63) is 41.0 Å². The molecule has 1 saturated heterocycles. The normalized spacial score (nSPS) is 17.6. The third-order valence-electron chi connectivity index (χ3n) is 5.85. The van der Waals surface area contributed by atoms with Crippen LogP contribution in [0.1, 0.15) is 32.2 Å². The molecule has 246 valence electrons. The average molecular weight is 683 g/mol. The Balaban J connectivity index is 1.52. The lowest BCUT2D eigenvalue weighted by Gasteiger charge is -2.36. The van der Waals surface area contributed by atoms with Gasteiger partial charge in [-0.2, -0.15) is 17.6 Å². The monoisotopic (exact) mass is 682 g/mol. The summed E-state index contributed by atoms with van der Waals surface area (Å²) in [6.45, 7) is 6.68. The SMILES string of the molecule is Cc1nc(Oc2ccc(NS(=O)(=O)CC(F)(F)F)c(F)c2F)c(-c2ccnc(N[C@H]3C[C@H](F)CN(C(=O)OC(C)(C)C)C3)n2)s1. The van der Waals surface area contributed by atoms with Crippen LogP contribution in [0.25, 0.3) is 10.6 Å². The number of nitrogens with one attached hydrogen (secondary N) is 2. The fraction of sp³-hybridized carbons (Fsp3) is 0.462. The van der Waals surface area contributed by atoms with E-state index in [1.165, 1.54) is 21.9 Å². The molecule has 1 amide bonds. The molecule has 2 aromatic heterocycles. The van der Waals surface area contributed by atoms with Gasteiger partial charge in [0.25, 0.3) is 0 Å². The van der Waals surface area contributed by atoms with Gasteiger partial charge in [0.2, 0.25) is 27.7 Å². The van der Waals surface area contributed by atoms with E-state index in [2.05, 4.69) is 20.3 Å². The van der Waals surface area contributed by atoms with Crippen LogP contribution in [0.3, 0.4) is 0 Å². The lowest BCUT2D eigenvalue weighted by Crippen LogP contribution is -2.51. The highest BCUT2D eigenvalue weighted by Gasteiger charge is 2.36. The van der Waals surface area contributed by atoms with Crippen LogP contribution in [-0.4, -0.2) is 77.2 Å². The number of thiazole rings is 1. The predicted octanol–water partition coefficient (Wildman–Crippen LogP) is 6.04. The predicted molar refractivity (Wildman–Crippen MR) is 153 cm³/mol. The summed E-state index contributed by atoms with van der Waals surface area (Å²) in [5.41, 5.74) is -1.58. The number of nitrogens with zero attached hydrogens (tertiary/aromatic N) is 4. The maximum atomic E-state index is 14.9. The van der Waals surface area contributed by atoms with E-state index in [-0.39, 0.29) is 41.9 Å². The molecule has 3 aromatic rings. The Morgan fingerprint density at radius 1 is 1.11 bits per heavy atom. The number of amides is 1. The minimum Gasteiger partial charge on any atom is -0.444 e. The summed E-state index contributed by atoms with van der Waals surface area (Å²) in [7, 11) is -5.08. The number of benzene rings is 1. The lowest BCUT2D eigenvalue weighted by atomic mass is 10.0. The molecule has 0 unspecified atom stereocenters. The van der Waals surface area contributed by atoms with Gasteiger partial charge in [-0.15, -0.1) is 11.3 Å². The van der Waals surface area contributed by atoms with Crippen molar-refractivity contribution < 1.29 is 49.0 Å². The lowest BCUT2D eigenvalue weighted by molar-refractivity contribution is -0.106. The van der Waals surface area contributed by atoms with Crippen LogP contribution in [0.5, 0.6) is 11.6 Å². The number of likely N-dealkylation sites (tertiary alicyclic amines) is 1. The number of aromatic nitrogens is 3. The van der Waals surface area contributed by atoms with Crippen LogP contribution >= 0.6 is 11.3 Å². The minimum atomic E-state index is -5.11. The fourth-order valence-corrected chi connectivity index (χ4v) is 6.02. The molecule has 1 aliphatic heterocycles. The molecule has 4 rings (SSSR count). The first-order valence-corrected chi connectivity index (χ1v) is 15.7. The quantitative estimate of drug-likeness (QED) is 0.273. The zero-order valence-electron chi connectivity index (χ0n) is 24.2. The Bertz CT molecular complexity index is 1660. The summed E-state index contributed by atoms with van der Waals surface area (Å²) in [5, 5.41) is 3.43. The zero-order chi connectivity index (χ0) is 33.3. The number of aryl methyl sites for hydroxylation is 1. The number of sulfonamides is 1. The van der Waals surface area contributed by atoms with Crippen LogP contribution in [-0.2, 0) is 14.8 Å². The standard InChI is InChI=1S/C26H28F6N6O5S2/c1-13-34-22(42-18-6-5-16(19(28)20(18)29)37-45(40,41)12-26(30,31)32)21(44-13)17-7-8-33-23(36-17)35-15-9-14(27)10-38(11-15)24(39)43-25(2,3)4/h5-8,14-15,37H,9-12H2,1-4H3,(H,33,35,36)/t14-,15-/m0/s1. The van der Waals surface area contributed by atoms with E-state index >= 15 is 0 Å². The highest BCUT2D eigenvalue weighted by atomic mass is 32.2. The highest BCUT2D eigenvalue weighted by molar-refractivity contribution is 7.92. The molecule has 1 aliphatic rings. The number of carbonyl (C=O) groups is 1. The molecular formula is C26H28F6N6O5S2. The van der Waals surface area contributed by atoms with Gasteiger partial charge in [0, 0.05) is 25.2 Å². The molecule has 0 spiro atoms. The Morgan fingerprint density at radius 3 is 2.49 bits per heavy atom. The summed E-state index contributed by atoms with van der Waals surface area (Å²) in [6.07, 6.45) is -5.66. The zero-order valence-corrected chi connectivity index (χ0v) is 25.8. The first-order chi connectivity index (χ1) is 20.8. The van der Waals surface area contributed by atoms with Crippen molar-refractivity contribution in [1.29, 1.82) is 0 Å². The molecule has 1 aromatic carbocycles. The molecule has 11 nitrogen and oxygen atoms in total. The largest absolute Gasteiger partial charge is 0.444 e. The molecule has 3 heterocycles. The number of hydrogen-bond donors (Lipinski definition) is 2. The van der Waals surface area contributed by atoms with Gasteiger partial charge in [0.05, 0.1) is 22.9 Å². The minimum absolute atomic E-state index is 0.0636.